The third-order valence-corrected chi connectivity index (χ3v) is 3.71. The van der Waals surface area contributed by atoms with Crippen LogP contribution in [0.15, 0.2) is 42.7 Å². The number of carbonyl (C=O) groups is 1. The zero-order valence-electron chi connectivity index (χ0n) is 12.2. The molecule has 5 nitrogen and oxygen atoms in total. The van der Waals surface area contributed by atoms with E-state index in [1.165, 1.54) is 6.07 Å². The Morgan fingerprint density at radius 3 is 2.64 bits per heavy atom. The molecule has 3 rings (SSSR count). The van der Waals surface area contributed by atoms with Crippen molar-refractivity contribution in [1.29, 1.82) is 0 Å². The van der Waals surface area contributed by atoms with Crippen LogP contribution in [0.2, 0.25) is 0 Å². The van der Waals surface area contributed by atoms with Crippen LogP contribution in [0.4, 0.5) is 10.2 Å². The molecule has 22 heavy (non-hydrogen) atoms. The molecule has 1 amide bonds. The standard InChI is InChI=1S/C16H17FN4O/c17-13-5-3-8-19-15(13)20-9-4-10-21(12-11-20)16(22)14-6-1-2-7-18-14/h1-3,5-8H,4,9-12H2. The summed E-state index contributed by atoms with van der Waals surface area (Å²) in [6, 6.07) is 8.28. The lowest BCUT2D eigenvalue weighted by Gasteiger charge is -2.22. The maximum absolute atomic E-state index is 13.8. The summed E-state index contributed by atoms with van der Waals surface area (Å²) in [5.41, 5.74) is 0.444. The van der Waals surface area contributed by atoms with Gasteiger partial charge in [-0.15, -0.1) is 0 Å². The van der Waals surface area contributed by atoms with Gasteiger partial charge >= 0.3 is 0 Å². The van der Waals surface area contributed by atoms with E-state index in [9.17, 15) is 9.18 Å². The highest BCUT2D eigenvalue weighted by Gasteiger charge is 2.22. The minimum absolute atomic E-state index is 0.0797. The summed E-state index contributed by atoms with van der Waals surface area (Å²) in [6.45, 7) is 2.41. The van der Waals surface area contributed by atoms with Crippen LogP contribution in [0.5, 0.6) is 0 Å². The van der Waals surface area contributed by atoms with Crippen molar-refractivity contribution in [2.45, 2.75) is 6.42 Å². The lowest BCUT2D eigenvalue weighted by molar-refractivity contribution is 0.0761. The Morgan fingerprint density at radius 1 is 1.00 bits per heavy atom. The molecule has 1 fully saturated rings. The highest BCUT2D eigenvalue weighted by atomic mass is 19.1. The molecule has 0 N–H and O–H groups in total. The van der Waals surface area contributed by atoms with Gasteiger partial charge in [0.05, 0.1) is 0 Å². The Hall–Kier alpha value is -2.50. The lowest BCUT2D eigenvalue weighted by atomic mass is 10.3. The van der Waals surface area contributed by atoms with Crippen LogP contribution in [-0.2, 0) is 0 Å². The number of halogens is 1. The SMILES string of the molecule is O=C(c1ccccn1)N1CCCN(c2ncccc2F)CC1. The van der Waals surface area contributed by atoms with Gasteiger partial charge in [0.15, 0.2) is 11.6 Å². The average molecular weight is 300 g/mol. The molecule has 0 atom stereocenters. The predicted octanol–water partition coefficient (Wildman–Crippen LogP) is 1.97. The molecular weight excluding hydrogens is 283 g/mol. The number of anilines is 1. The molecule has 0 radical (unpaired) electrons. The third-order valence-electron chi connectivity index (χ3n) is 3.71. The monoisotopic (exact) mass is 300 g/mol. The fourth-order valence-corrected chi connectivity index (χ4v) is 2.59. The maximum atomic E-state index is 13.8. The van der Waals surface area contributed by atoms with Crippen molar-refractivity contribution in [2.75, 3.05) is 31.1 Å². The molecule has 0 unspecified atom stereocenters. The Labute approximate surface area is 128 Å². The Balaban J connectivity index is 1.70. The van der Waals surface area contributed by atoms with E-state index in [4.69, 9.17) is 0 Å². The van der Waals surface area contributed by atoms with Crippen LogP contribution in [0, 0.1) is 5.82 Å². The molecule has 0 aromatic carbocycles. The number of amides is 1. The molecule has 0 spiro atoms. The van der Waals surface area contributed by atoms with Gasteiger partial charge in [-0.3, -0.25) is 9.78 Å². The molecule has 0 aliphatic carbocycles. The molecular formula is C16H17FN4O. The molecule has 1 aliphatic rings. The van der Waals surface area contributed by atoms with Crippen molar-refractivity contribution in [1.82, 2.24) is 14.9 Å². The number of hydrogen-bond donors (Lipinski definition) is 0. The lowest BCUT2D eigenvalue weighted by Crippen LogP contribution is -2.36. The summed E-state index contributed by atoms with van der Waals surface area (Å²) in [5, 5.41) is 0. The van der Waals surface area contributed by atoms with Crippen molar-refractivity contribution < 1.29 is 9.18 Å². The zero-order valence-corrected chi connectivity index (χ0v) is 12.2. The second-order valence-electron chi connectivity index (χ2n) is 5.16. The summed E-state index contributed by atoms with van der Waals surface area (Å²) in [7, 11) is 0. The minimum atomic E-state index is -0.327. The predicted molar refractivity (Wildman–Crippen MR) is 81.2 cm³/mol. The van der Waals surface area contributed by atoms with E-state index in [2.05, 4.69) is 9.97 Å². The summed E-state index contributed by atoms with van der Waals surface area (Å²) in [4.78, 5) is 24.3. The molecule has 0 saturated carbocycles. The first kappa shape index (κ1) is 14.4. The highest BCUT2D eigenvalue weighted by Crippen LogP contribution is 2.17. The number of aromatic nitrogens is 2. The number of pyridine rings is 2. The average Bonchev–Trinajstić information content (AvgIpc) is 2.81. The van der Waals surface area contributed by atoms with Gasteiger partial charge in [0.1, 0.15) is 5.69 Å². The molecule has 6 heteroatoms. The van der Waals surface area contributed by atoms with Crippen molar-refractivity contribution in [3.63, 3.8) is 0 Å². The maximum Gasteiger partial charge on any atom is 0.272 e. The highest BCUT2D eigenvalue weighted by molar-refractivity contribution is 5.92. The topological polar surface area (TPSA) is 49.3 Å². The van der Waals surface area contributed by atoms with Crippen molar-refractivity contribution in [3.05, 3.63) is 54.2 Å². The first-order valence-electron chi connectivity index (χ1n) is 7.31. The normalized spacial score (nSPS) is 15.5. The van der Waals surface area contributed by atoms with E-state index < -0.39 is 0 Å². The van der Waals surface area contributed by atoms with Crippen LogP contribution in [0.1, 0.15) is 16.9 Å². The van der Waals surface area contributed by atoms with E-state index >= 15 is 0 Å². The Bertz CT molecular complexity index is 650. The van der Waals surface area contributed by atoms with E-state index in [-0.39, 0.29) is 11.7 Å². The number of carbonyl (C=O) groups excluding carboxylic acids is 1. The van der Waals surface area contributed by atoms with Gasteiger partial charge in [-0.2, -0.15) is 0 Å². The number of hydrogen-bond acceptors (Lipinski definition) is 4. The van der Waals surface area contributed by atoms with Crippen molar-refractivity contribution >= 4 is 11.7 Å². The largest absolute Gasteiger partial charge is 0.352 e. The van der Waals surface area contributed by atoms with Gasteiger partial charge < -0.3 is 9.80 Å². The van der Waals surface area contributed by atoms with Gasteiger partial charge in [-0.05, 0) is 30.7 Å². The first-order chi connectivity index (χ1) is 10.8. The second kappa shape index (κ2) is 6.51. The first-order valence-corrected chi connectivity index (χ1v) is 7.31. The van der Waals surface area contributed by atoms with Gasteiger partial charge in [0.2, 0.25) is 0 Å². The third kappa shape index (κ3) is 3.05. The van der Waals surface area contributed by atoms with Gasteiger partial charge in [0, 0.05) is 38.6 Å². The van der Waals surface area contributed by atoms with Crippen LogP contribution in [0.25, 0.3) is 0 Å². The van der Waals surface area contributed by atoms with Gasteiger partial charge in [-0.1, -0.05) is 6.07 Å². The molecule has 114 valence electrons. The van der Waals surface area contributed by atoms with Crippen molar-refractivity contribution in [3.8, 4) is 0 Å². The number of nitrogens with zero attached hydrogens (tertiary/aromatic N) is 4. The van der Waals surface area contributed by atoms with Crippen LogP contribution in [-0.4, -0.2) is 47.0 Å². The summed E-state index contributed by atoms with van der Waals surface area (Å²) in [6.07, 6.45) is 3.97. The van der Waals surface area contributed by atoms with E-state index in [0.29, 0.717) is 37.7 Å². The quantitative estimate of drug-likeness (QED) is 0.851. The van der Waals surface area contributed by atoms with Crippen LogP contribution < -0.4 is 4.90 Å². The van der Waals surface area contributed by atoms with E-state index in [1.54, 1.807) is 41.6 Å². The van der Waals surface area contributed by atoms with Gasteiger partial charge in [0.25, 0.3) is 5.91 Å². The van der Waals surface area contributed by atoms with Gasteiger partial charge in [-0.25, -0.2) is 9.37 Å². The zero-order chi connectivity index (χ0) is 15.4. The fourth-order valence-electron chi connectivity index (χ4n) is 2.59. The van der Waals surface area contributed by atoms with Crippen molar-refractivity contribution in [2.24, 2.45) is 0 Å². The van der Waals surface area contributed by atoms with Crippen LogP contribution >= 0.6 is 0 Å². The summed E-state index contributed by atoms with van der Waals surface area (Å²) >= 11 is 0. The fraction of sp³-hybridized carbons (Fsp3) is 0.312. The molecule has 1 aliphatic heterocycles. The molecule has 0 bridgehead atoms. The van der Waals surface area contributed by atoms with E-state index in [0.717, 1.165) is 6.42 Å². The Kier molecular flexibility index (Phi) is 4.27. The second-order valence-corrected chi connectivity index (χ2v) is 5.16. The molecule has 2 aromatic heterocycles. The minimum Gasteiger partial charge on any atom is -0.352 e. The summed E-state index contributed by atoms with van der Waals surface area (Å²) in [5.74, 6) is -0.0504. The molecule has 1 saturated heterocycles. The smallest absolute Gasteiger partial charge is 0.272 e. The Morgan fingerprint density at radius 2 is 1.86 bits per heavy atom. The molecule has 3 heterocycles. The van der Waals surface area contributed by atoms with E-state index in [1.807, 2.05) is 4.90 Å². The summed E-state index contributed by atoms with van der Waals surface area (Å²) < 4.78 is 13.8. The number of rotatable bonds is 2. The molecule has 2 aromatic rings. The van der Waals surface area contributed by atoms with Crippen LogP contribution in [0.3, 0.4) is 0 Å².